The third-order valence-electron chi connectivity index (χ3n) is 3.45. The van der Waals surface area contributed by atoms with Gasteiger partial charge in [0.05, 0.1) is 6.04 Å². The van der Waals surface area contributed by atoms with Crippen LogP contribution in [-0.4, -0.2) is 18.5 Å². The molecule has 1 heterocycles. The van der Waals surface area contributed by atoms with Crippen LogP contribution in [0.1, 0.15) is 44.6 Å². The van der Waals surface area contributed by atoms with Gasteiger partial charge in [0.2, 0.25) is 5.91 Å². The van der Waals surface area contributed by atoms with Gasteiger partial charge in [0.15, 0.2) is 0 Å². The van der Waals surface area contributed by atoms with Crippen molar-refractivity contribution in [2.24, 2.45) is 0 Å². The van der Waals surface area contributed by atoms with Gasteiger partial charge >= 0.3 is 0 Å². The summed E-state index contributed by atoms with van der Waals surface area (Å²) >= 11 is 0. The van der Waals surface area contributed by atoms with Crippen molar-refractivity contribution in [2.45, 2.75) is 45.1 Å². The molecule has 0 spiro atoms. The summed E-state index contributed by atoms with van der Waals surface area (Å²) in [5.41, 5.74) is 2.16. The van der Waals surface area contributed by atoms with E-state index in [1.54, 1.807) is 0 Å². The molecule has 0 aromatic heterocycles. The van der Waals surface area contributed by atoms with Crippen molar-refractivity contribution in [1.82, 2.24) is 5.32 Å². The van der Waals surface area contributed by atoms with Crippen LogP contribution in [0.3, 0.4) is 0 Å². The molecule has 0 bridgehead atoms. The number of hydrogen-bond donors (Lipinski definition) is 2. The van der Waals surface area contributed by atoms with Crippen molar-refractivity contribution >= 4 is 11.6 Å². The zero-order chi connectivity index (χ0) is 13.0. The van der Waals surface area contributed by atoms with Crippen molar-refractivity contribution in [3.05, 3.63) is 29.8 Å². The summed E-state index contributed by atoms with van der Waals surface area (Å²) in [6, 6.07) is 8.08. The van der Waals surface area contributed by atoms with Crippen molar-refractivity contribution in [1.29, 1.82) is 0 Å². The van der Waals surface area contributed by atoms with Gasteiger partial charge in [0, 0.05) is 5.69 Å². The predicted molar refractivity (Wildman–Crippen MR) is 74.8 cm³/mol. The van der Waals surface area contributed by atoms with Gasteiger partial charge in [0.25, 0.3) is 0 Å². The number of piperidine rings is 1. The summed E-state index contributed by atoms with van der Waals surface area (Å²) in [6.45, 7) is 5.26. The summed E-state index contributed by atoms with van der Waals surface area (Å²) < 4.78 is 0. The van der Waals surface area contributed by atoms with Gasteiger partial charge in [-0.1, -0.05) is 32.4 Å². The van der Waals surface area contributed by atoms with Crippen LogP contribution in [-0.2, 0) is 4.79 Å². The maximum Gasteiger partial charge on any atom is 0.241 e. The minimum absolute atomic E-state index is 0.0264. The van der Waals surface area contributed by atoms with E-state index < -0.39 is 0 Å². The Hall–Kier alpha value is -1.35. The first-order chi connectivity index (χ1) is 8.66. The maximum atomic E-state index is 12.1. The predicted octanol–water partition coefficient (Wildman–Crippen LogP) is 2.89. The van der Waals surface area contributed by atoms with Crippen molar-refractivity contribution < 1.29 is 4.79 Å². The lowest BCUT2D eigenvalue weighted by Gasteiger charge is -2.22. The van der Waals surface area contributed by atoms with Crippen LogP contribution in [0, 0.1) is 0 Å². The van der Waals surface area contributed by atoms with Gasteiger partial charge in [-0.15, -0.1) is 0 Å². The minimum Gasteiger partial charge on any atom is -0.325 e. The number of carbonyl (C=O) groups is 1. The molecule has 3 heteroatoms. The van der Waals surface area contributed by atoms with Crippen LogP contribution in [0.4, 0.5) is 5.69 Å². The second kappa shape index (κ2) is 6.01. The SMILES string of the molecule is CC(C)c1cccc(NC(=O)[C@H]2CCCCN2)c1. The highest BCUT2D eigenvalue weighted by atomic mass is 16.2. The maximum absolute atomic E-state index is 12.1. The lowest BCUT2D eigenvalue weighted by molar-refractivity contribution is -0.118. The molecule has 1 saturated heterocycles. The topological polar surface area (TPSA) is 41.1 Å². The van der Waals surface area contributed by atoms with Gasteiger partial charge in [-0.05, 0) is 43.0 Å². The van der Waals surface area contributed by atoms with Gasteiger partial charge < -0.3 is 10.6 Å². The van der Waals surface area contributed by atoms with Crippen molar-refractivity contribution in [3.63, 3.8) is 0 Å². The number of hydrogen-bond acceptors (Lipinski definition) is 2. The average Bonchev–Trinajstić information content (AvgIpc) is 2.40. The van der Waals surface area contributed by atoms with Crippen LogP contribution in [0.15, 0.2) is 24.3 Å². The Labute approximate surface area is 109 Å². The molecule has 0 unspecified atom stereocenters. The fourth-order valence-corrected chi connectivity index (χ4v) is 2.28. The Bertz CT molecular complexity index is 409. The number of carbonyl (C=O) groups excluding carboxylic acids is 1. The van der Waals surface area contributed by atoms with E-state index in [0.29, 0.717) is 5.92 Å². The zero-order valence-corrected chi connectivity index (χ0v) is 11.2. The second-order valence-electron chi connectivity index (χ2n) is 5.27. The average molecular weight is 246 g/mol. The van der Waals surface area contributed by atoms with Crippen LogP contribution < -0.4 is 10.6 Å². The first-order valence-corrected chi connectivity index (χ1v) is 6.81. The van der Waals surface area contributed by atoms with Crippen LogP contribution in [0.5, 0.6) is 0 Å². The third kappa shape index (κ3) is 3.33. The van der Waals surface area contributed by atoms with Gasteiger partial charge in [-0.25, -0.2) is 0 Å². The van der Waals surface area contributed by atoms with E-state index in [4.69, 9.17) is 0 Å². The van der Waals surface area contributed by atoms with Gasteiger partial charge in [0.1, 0.15) is 0 Å². The number of nitrogens with one attached hydrogen (secondary N) is 2. The molecular formula is C15H22N2O. The highest BCUT2D eigenvalue weighted by molar-refractivity contribution is 5.94. The Kier molecular flexibility index (Phi) is 4.37. The molecule has 1 aromatic rings. The molecule has 0 radical (unpaired) electrons. The van der Waals surface area contributed by atoms with Crippen LogP contribution >= 0.6 is 0 Å². The minimum atomic E-state index is -0.0264. The summed E-state index contributed by atoms with van der Waals surface area (Å²) in [5.74, 6) is 0.574. The van der Waals surface area contributed by atoms with Gasteiger partial charge in [-0.3, -0.25) is 4.79 Å². The first-order valence-electron chi connectivity index (χ1n) is 6.81. The summed E-state index contributed by atoms with van der Waals surface area (Å²) in [4.78, 5) is 12.1. The smallest absolute Gasteiger partial charge is 0.241 e. The van der Waals surface area contributed by atoms with E-state index in [0.717, 1.165) is 25.1 Å². The Morgan fingerprint density at radius 3 is 2.89 bits per heavy atom. The normalized spacial score (nSPS) is 19.8. The van der Waals surface area contributed by atoms with E-state index in [2.05, 4.69) is 36.6 Å². The van der Waals surface area contributed by atoms with Crippen molar-refractivity contribution in [2.75, 3.05) is 11.9 Å². The number of anilines is 1. The molecule has 3 nitrogen and oxygen atoms in total. The molecule has 0 aliphatic carbocycles. The number of benzene rings is 1. The van der Waals surface area contributed by atoms with E-state index in [1.165, 1.54) is 12.0 Å². The monoisotopic (exact) mass is 246 g/mol. The van der Waals surface area contributed by atoms with Crippen molar-refractivity contribution in [3.8, 4) is 0 Å². The number of amides is 1. The Morgan fingerprint density at radius 2 is 2.22 bits per heavy atom. The quantitative estimate of drug-likeness (QED) is 0.861. The molecular weight excluding hydrogens is 224 g/mol. The molecule has 1 aromatic carbocycles. The fourth-order valence-electron chi connectivity index (χ4n) is 2.28. The van der Waals surface area contributed by atoms with E-state index in [9.17, 15) is 4.79 Å². The zero-order valence-electron chi connectivity index (χ0n) is 11.2. The summed E-state index contributed by atoms with van der Waals surface area (Å²) in [6.07, 6.45) is 3.25. The molecule has 0 saturated carbocycles. The molecule has 1 aliphatic rings. The molecule has 2 N–H and O–H groups in total. The molecule has 18 heavy (non-hydrogen) atoms. The molecule has 98 valence electrons. The van der Waals surface area contributed by atoms with E-state index in [-0.39, 0.29) is 11.9 Å². The standard InChI is InChI=1S/C15H22N2O/c1-11(2)12-6-5-7-13(10-12)17-15(18)14-8-3-4-9-16-14/h5-7,10-11,14,16H,3-4,8-9H2,1-2H3,(H,17,18)/t14-/m1/s1. The second-order valence-corrected chi connectivity index (χ2v) is 5.27. The highest BCUT2D eigenvalue weighted by Crippen LogP contribution is 2.19. The summed E-state index contributed by atoms with van der Waals surface area (Å²) in [7, 11) is 0. The molecule has 1 atom stereocenters. The van der Waals surface area contributed by atoms with E-state index >= 15 is 0 Å². The van der Waals surface area contributed by atoms with Crippen LogP contribution in [0.2, 0.25) is 0 Å². The third-order valence-corrected chi connectivity index (χ3v) is 3.45. The lowest BCUT2D eigenvalue weighted by atomic mass is 10.0. The largest absolute Gasteiger partial charge is 0.325 e. The number of rotatable bonds is 3. The lowest BCUT2D eigenvalue weighted by Crippen LogP contribution is -2.43. The first kappa shape index (κ1) is 13.1. The van der Waals surface area contributed by atoms with E-state index in [1.807, 2.05) is 12.1 Å². The van der Waals surface area contributed by atoms with Gasteiger partial charge in [-0.2, -0.15) is 0 Å². The summed E-state index contributed by atoms with van der Waals surface area (Å²) in [5, 5.41) is 6.27. The van der Waals surface area contributed by atoms with Crippen LogP contribution in [0.25, 0.3) is 0 Å². The molecule has 1 amide bonds. The molecule has 2 rings (SSSR count). The Balaban J connectivity index is 1.99. The molecule has 1 fully saturated rings. The Morgan fingerprint density at radius 1 is 1.39 bits per heavy atom. The fraction of sp³-hybridized carbons (Fsp3) is 0.533. The molecule has 1 aliphatic heterocycles. The highest BCUT2D eigenvalue weighted by Gasteiger charge is 2.20.